The Labute approximate surface area is 175 Å². The Balaban J connectivity index is 2.33. The molecule has 2 amide bonds. The largest absolute Gasteiger partial charge is 0.480 e. The maximum Gasteiger partial charge on any atom is 0.326 e. The molecule has 30 heavy (non-hydrogen) atoms. The standard InChI is InChI=1S/C19H19N3O7S/c1-30-9-7-14(19(25)26)20-17(23)15(21-18(24)16-6-3-8-29-16)11-12-4-2-5-13(10-12)22(27)28/h2-6,8,10-11,14H,7,9H2,1H3,(H,20,23)(H,21,24)(H,25,26). The Kier molecular flexibility index (Phi) is 8.18. The molecule has 0 spiro atoms. The number of aliphatic carboxylic acids is 1. The number of nitro benzene ring substituents is 1. The van der Waals surface area contributed by atoms with Crippen molar-refractivity contribution < 1.29 is 28.8 Å². The van der Waals surface area contributed by atoms with E-state index in [1.807, 2.05) is 0 Å². The normalized spacial score (nSPS) is 12.1. The van der Waals surface area contributed by atoms with Crippen molar-refractivity contribution in [3.63, 3.8) is 0 Å². The lowest BCUT2D eigenvalue weighted by Gasteiger charge is -2.16. The highest BCUT2D eigenvalue weighted by molar-refractivity contribution is 7.98. The van der Waals surface area contributed by atoms with Crippen LogP contribution in [0.15, 0.2) is 52.8 Å². The summed E-state index contributed by atoms with van der Waals surface area (Å²) in [5.41, 5.74) is -0.221. The minimum Gasteiger partial charge on any atom is -0.480 e. The first-order chi connectivity index (χ1) is 14.3. The highest BCUT2D eigenvalue weighted by atomic mass is 32.2. The summed E-state index contributed by atoms with van der Waals surface area (Å²) in [5, 5.41) is 25.0. The Bertz CT molecular complexity index is 957. The third kappa shape index (κ3) is 6.48. The molecule has 1 heterocycles. The number of carboxylic acid groups (broad SMARTS) is 1. The van der Waals surface area contributed by atoms with Crippen LogP contribution in [-0.2, 0) is 9.59 Å². The lowest BCUT2D eigenvalue weighted by Crippen LogP contribution is -2.44. The van der Waals surface area contributed by atoms with Crippen LogP contribution in [0.4, 0.5) is 5.69 Å². The summed E-state index contributed by atoms with van der Waals surface area (Å²) in [5.74, 6) is -2.37. The van der Waals surface area contributed by atoms with Gasteiger partial charge in [0, 0.05) is 12.1 Å². The summed E-state index contributed by atoms with van der Waals surface area (Å²) in [7, 11) is 0. The molecule has 1 unspecified atom stereocenters. The summed E-state index contributed by atoms with van der Waals surface area (Å²) in [4.78, 5) is 46.9. The number of furan rings is 1. The summed E-state index contributed by atoms with van der Waals surface area (Å²) >= 11 is 1.42. The molecule has 158 valence electrons. The fourth-order valence-corrected chi connectivity index (χ4v) is 2.85. The number of nitro groups is 1. The van der Waals surface area contributed by atoms with Gasteiger partial charge in [0.2, 0.25) is 0 Å². The number of non-ortho nitro benzene ring substituents is 1. The highest BCUT2D eigenvalue weighted by Gasteiger charge is 2.23. The quantitative estimate of drug-likeness (QED) is 0.293. The zero-order valence-electron chi connectivity index (χ0n) is 15.9. The molecule has 10 nitrogen and oxygen atoms in total. The van der Waals surface area contributed by atoms with Crippen molar-refractivity contribution in [1.82, 2.24) is 10.6 Å². The molecule has 1 aromatic carbocycles. The topological polar surface area (TPSA) is 152 Å². The van der Waals surface area contributed by atoms with Crippen LogP contribution in [0, 0.1) is 10.1 Å². The molecule has 0 saturated carbocycles. The molecule has 0 aliphatic rings. The second-order valence-corrected chi connectivity index (χ2v) is 6.97. The molecule has 1 atom stereocenters. The zero-order chi connectivity index (χ0) is 22.1. The number of hydrogen-bond acceptors (Lipinski definition) is 7. The van der Waals surface area contributed by atoms with Crippen molar-refractivity contribution in [1.29, 1.82) is 0 Å². The first-order valence-corrected chi connectivity index (χ1v) is 10.0. The van der Waals surface area contributed by atoms with Gasteiger partial charge in [0.25, 0.3) is 17.5 Å². The van der Waals surface area contributed by atoms with Crippen molar-refractivity contribution in [3.05, 3.63) is 69.8 Å². The number of thioether (sulfide) groups is 1. The third-order valence-corrected chi connectivity index (χ3v) is 4.49. The number of carbonyl (C=O) groups excluding carboxylic acids is 2. The van der Waals surface area contributed by atoms with Crippen LogP contribution in [0.5, 0.6) is 0 Å². The van der Waals surface area contributed by atoms with E-state index in [4.69, 9.17) is 4.42 Å². The van der Waals surface area contributed by atoms with E-state index >= 15 is 0 Å². The van der Waals surface area contributed by atoms with Gasteiger partial charge in [0.1, 0.15) is 11.7 Å². The van der Waals surface area contributed by atoms with Crippen molar-refractivity contribution in [2.24, 2.45) is 0 Å². The van der Waals surface area contributed by atoms with Gasteiger partial charge < -0.3 is 20.2 Å². The predicted molar refractivity (Wildman–Crippen MR) is 110 cm³/mol. The van der Waals surface area contributed by atoms with Crippen LogP contribution in [0.2, 0.25) is 0 Å². The summed E-state index contributed by atoms with van der Waals surface area (Å²) < 4.78 is 4.99. The lowest BCUT2D eigenvalue weighted by molar-refractivity contribution is -0.384. The van der Waals surface area contributed by atoms with Gasteiger partial charge in [-0.1, -0.05) is 12.1 Å². The second-order valence-electron chi connectivity index (χ2n) is 5.99. The van der Waals surface area contributed by atoms with Gasteiger partial charge in [0.05, 0.1) is 11.2 Å². The van der Waals surface area contributed by atoms with E-state index in [1.54, 1.807) is 6.26 Å². The van der Waals surface area contributed by atoms with Gasteiger partial charge in [-0.25, -0.2) is 4.79 Å². The molecule has 2 aromatic rings. The molecule has 3 N–H and O–H groups in total. The summed E-state index contributed by atoms with van der Waals surface area (Å²) in [6, 6.07) is 7.13. The van der Waals surface area contributed by atoms with E-state index in [0.29, 0.717) is 5.75 Å². The fourth-order valence-electron chi connectivity index (χ4n) is 2.37. The maximum absolute atomic E-state index is 12.7. The van der Waals surface area contributed by atoms with Gasteiger partial charge in [-0.3, -0.25) is 19.7 Å². The van der Waals surface area contributed by atoms with E-state index < -0.39 is 28.7 Å². The Hall–Kier alpha value is -3.60. The molecule has 0 aliphatic heterocycles. The van der Waals surface area contributed by atoms with Crippen LogP contribution in [-0.4, -0.2) is 45.9 Å². The number of rotatable bonds is 10. The number of carbonyl (C=O) groups is 3. The number of nitrogens with zero attached hydrogens (tertiary/aromatic N) is 1. The Morgan fingerprint density at radius 1 is 1.30 bits per heavy atom. The first-order valence-electron chi connectivity index (χ1n) is 8.65. The number of benzene rings is 1. The van der Waals surface area contributed by atoms with Crippen LogP contribution < -0.4 is 10.6 Å². The Morgan fingerprint density at radius 2 is 2.07 bits per heavy atom. The number of hydrogen-bond donors (Lipinski definition) is 3. The molecular weight excluding hydrogens is 414 g/mol. The van der Waals surface area contributed by atoms with E-state index in [2.05, 4.69) is 10.6 Å². The minimum absolute atomic E-state index is 0.0649. The minimum atomic E-state index is -1.22. The molecule has 2 rings (SSSR count). The molecule has 0 bridgehead atoms. The van der Waals surface area contributed by atoms with Crippen LogP contribution in [0.25, 0.3) is 6.08 Å². The predicted octanol–water partition coefficient (Wildman–Crippen LogP) is 2.28. The van der Waals surface area contributed by atoms with Crippen LogP contribution in [0.1, 0.15) is 22.5 Å². The zero-order valence-corrected chi connectivity index (χ0v) is 16.7. The summed E-state index contributed by atoms with van der Waals surface area (Å²) in [6.45, 7) is 0. The number of carboxylic acids is 1. The number of amides is 2. The molecule has 0 radical (unpaired) electrons. The molecule has 0 aliphatic carbocycles. The highest BCUT2D eigenvalue weighted by Crippen LogP contribution is 2.16. The van der Waals surface area contributed by atoms with Gasteiger partial charge in [-0.15, -0.1) is 0 Å². The van der Waals surface area contributed by atoms with Crippen molar-refractivity contribution in [3.8, 4) is 0 Å². The summed E-state index contributed by atoms with van der Waals surface area (Å²) in [6.07, 6.45) is 4.48. The van der Waals surface area contributed by atoms with Gasteiger partial charge in [0.15, 0.2) is 5.76 Å². The smallest absolute Gasteiger partial charge is 0.326 e. The average Bonchev–Trinajstić information content (AvgIpc) is 3.25. The van der Waals surface area contributed by atoms with E-state index in [9.17, 15) is 29.6 Å². The van der Waals surface area contributed by atoms with Crippen LogP contribution >= 0.6 is 11.8 Å². The van der Waals surface area contributed by atoms with E-state index in [1.165, 1.54) is 60.5 Å². The van der Waals surface area contributed by atoms with Gasteiger partial charge >= 0.3 is 5.97 Å². The van der Waals surface area contributed by atoms with E-state index in [-0.39, 0.29) is 29.1 Å². The maximum atomic E-state index is 12.7. The Morgan fingerprint density at radius 3 is 2.67 bits per heavy atom. The molecule has 0 fully saturated rings. The van der Waals surface area contributed by atoms with Crippen LogP contribution in [0.3, 0.4) is 0 Å². The van der Waals surface area contributed by atoms with Gasteiger partial charge in [-0.2, -0.15) is 11.8 Å². The SMILES string of the molecule is CSCCC(NC(=O)C(=Cc1cccc([N+](=O)[O-])c1)NC(=O)c1ccco1)C(=O)O. The molecular formula is C19H19N3O7S. The second kappa shape index (κ2) is 10.8. The van der Waals surface area contributed by atoms with Crippen molar-refractivity contribution in [2.75, 3.05) is 12.0 Å². The monoisotopic (exact) mass is 433 g/mol. The first kappa shape index (κ1) is 22.7. The number of nitrogens with one attached hydrogen (secondary N) is 2. The van der Waals surface area contributed by atoms with Crippen molar-refractivity contribution in [2.45, 2.75) is 12.5 Å². The molecule has 1 aromatic heterocycles. The average molecular weight is 433 g/mol. The third-order valence-electron chi connectivity index (χ3n) is 3.84. The van der Waals surface area contributed by atoms with E-state index in [0.717, 1.165) is 0 Å². The van der Waals surface area contributed by atoms with Crippen molar-refractivity contribution >= 4 is 41.3 Å². The lowest BCUT2D eigenvalue weighted by atomic mass is 10.1. The molecule has 0 saturated heterocycles. The fraction of sp³-hybridized carbons (Fsp3) is 0.211. The van der Waals surface area contributed by atoms with Gasteiger partial charge in [-0.05, 0) is 42.2 Å². The molecule has 11 heteroatoms.